The van der Waals surface area contributed by atoms with E-state index in [9.17, 15) is 0 Å². The van der Waals surface area contributed by atoms with Crippen LogP contribution >= 0.6 is 6.64 Å². The summed E-state index contributed by atoms with van der Waals surface area (Å²) < 4.78 is 13.0. The first-order valence-electron chi connectivity index (χ1n) is 10.7. The van der Waals surface area contributed by atoms with Crippen LogP contribution in [0.1, 0.15) is 12.8 Å². The van der Waals surface area contributed by atoms with Gasteiger partial charge in [0.2, 0.25) is 0 Å². The minimum atomic E-state index is -2.79. The molecule has 2 N–H and O–H groups in total. The molecule has 31 heavy (non-hydrogen) atoms. The molecule has 0 aliphatic carbocycles. The van der Waals surface area contributed by atoms with Gasteiger partial charge >= 0.3 is 6.64 Å². The van der Waals surface area contributed by atoms with Crippen molar-refractivity contribution in [2.75, 3.05) is 13.1 Å². The SMILES string of the molecule is S=P1(NCC2CCCN2)Oc2ccc3ccccc3c2-c2c(ccc3ccccc23)O1. The van der Waals surface area contributed by atoms with Crippen LogP contribution in [0.4, 0.5) is 0 Å². The molecule has 156 valence electrons. The molecule has 6 rings (SSSR count). The zero-order valence-corrected chi connectivity index (χ0v) is 18.7. The number of fused-ring (bicyclic) bond motifs is 7. The van der Waals surface area contributed by atoms with Crippen molar-refractivity contribution in [3.05, 3.63) is 72.8 Å². The van der Waals surface area contributed by atoms with Crippen molar-refractivity contribution in [3.63, 3.8) is 0 Å². The van der Waals surface area contributed by atoms with Gasteiger partial charge in [-0.15, -0.1) is 0 Å². The van der Waals surface area contributed by atoms with Crippen molar-refractivity contribution < 1.29 is 9.05 Å². The molecule has 2 aliphatic heterocycles. The molecule has 1 fully saturated rings. The van der Waals surface area contributed by atoms with E-state index in [0.29, 0.717) is 6.04 Å². The van der Waals surface area contributed by atoms with Crippen molar-refractivity contribution in [3.8, 4) is 22.6 Å². The predicted octanol–water partition coefficient (Wildman–Crippen LogP) is 6.00. The Hall–Kier alpha value is -2.43. The third-order valence-electron chi connectivity index (χ3n) is 6.16. The summed E-state index contributed by atoms with van der Waals surface area (Å²) in [6.07, 6.45) is 2.34. The topological polar surface area (TPSA) is 42.5 Å². The highest BCUT2D eigenvalue weighted by Crippen LogP contribution is 2.57. The maximum atomic E-state index is 6.51. The molecule has 1 atom stereocenters. The second-order valence-electron chi connectivity index (χ2n) is 8.16. The normalized spacial score (nSPS) is 19.3. The van der Waals surface area contributed by atoms with Crippen LogP contribution in [0.15, 0.2) is 72.8 Å². The van der Waals surface area contributed by atoms with Crippen LogP contribution in [0.2, 0.25) is 0 Å². The van der Waals surface area contributed by atoms with Crippen LogP contribution in [0.5, 0.6) is 11.5 Å². The maximum Gasteiger partial charge on any atom is 0.365 e. The second kappa shape index (κ2) is 7.61. The van der Waals surface area contributed by atoms with E-state index in [4.69, 9.17) is 20.9 Å². The molecule has 4 aromatic carbocycles. The average molecular weight is 447 g/mol. The monoisotopic (exact) mass is 446 g/mol. The Labute approximate surface area is 186 Å². The van der Waals surface area contributed by atoms with Gasteiger partial charge in [-0.05, 0) is 53.1 Å². The van der Waals surface area contributed by atoms with Gasteiger partial charge in [0.1, 0.15) is 11.5 Å². The Morgan fingerprint density at radius 3 is 1.97 bits per heavy atom. The summed E-state index contributed by atoms with van der Waals surface area (Å²) in [4.78, 5) is 0. The van der Waals surface area contributed by atoms with Gasteiger partial charge in [-0.2, -0.15) is 0 Å². The van der Waals surface area contributed by atoms with E-state index in [-0.39, 0.29) is 0 Å². The van der Waals surface area contributed by atoms with Gasteiger partial charge in [-0.25, -0.2) is 5.09 Å². The minimum Gasteiger partial charge on any atom is -0.424 e. The van der Waals surface area contributed by atoms with E-state index in [1.165, 1.54) is 17.2 Å². The van der Waals surface area contributed by atoms with Gasteiger partial charge in [0.15, 0.2) is 0 Å². The lowest BCUT2D eigenvalue weighted by atomic mass is 9.92. The highest BCUT2D eigenvalue weighted by Gasteiger charge is 2.32. The third kappa shape index (κ3) is 3.42. The third-order valence-corrected chi connectivity index (χ3v) is 8.44. The Balaban J connectivity index is 1.57. The molecule has 0 spiro atoms. The molecule has 6 heteroatoms. The minimum absolute atomic E-state index is 0.405. The molecule has 1 unspecified atom stereocenters. The largest absolute Gasteiger partial charge is 0.424 e. The Morgan fingerprint density at radius 1 is 0.839 bits per heavy atom. The van der Waals surface area contributed by atoms with E-state index in [0.717, 1.165) is 52.9 Å². The average Bonchev–Trinajstić information content (AvgIpc) is 3.27. The van der Waals surface area contributed by atoms with Gasteiger partial charge in [0.25, 0.3) is 0 Å². The molecule has 0 bridgehead atoms. The van der Waals surface area contributed by atoms with Crippen molar-refractivity contribution in [2.24, 2.45) is 0 Å². The quantitative estimate of drug-likeness (QED) is 0.378. The highest BCUT2D eigenvalue weighted by atomic mass is 32.5. The fourth-order valence-electron chi connectivity index (χ4n) is 4.67. The first kappa shape index (κ1) is 19.3. The van der Waals surface area contributed by atoms with Crippen molar-refractivity contribution in [2.45, 2.75) is 18.9 Å². The van der Waals surface area contributed by atoms with Gasteiger partial charge in [-0.1, -0.05) is 60.7 Å². The summed E-state index contributed by atoms with van der Waals surface area (Å²) in [6, 6.07) is 25.5. The first-order chi connectivity index (χ1) is 15.2. The molecule has 0 aromatic heterocycles. The number of hydrogen-bond acceptors (Lipinski definition) is 4. The van der Waals surface area contributed by atoms with Crippen LogP contribution in [-0.2, 0) is 11.8 Å². The zero-order valence-electron chi connectivity index (χ0n) is 17.0. The lowest BCUT2D eigenvalue weighted by Crippen LogP contribution is -2.34. The molecular formula is C25H23N2O2PS. The van der Waals surface area contributed by atoms with Gasteiger partial charge in [0.05, 0.1) is 0 Å². The Bertz CT molecular complexity index is 1260. The summed E-state index contributed by atoms with van der Waals surface area (Å²) >= 11 is 6.00. The lowest BCUT2D eigenvalue weighted by Gasteiger charge is -2.24. The van der Waals surface area contributed by atoms with E-state index >= 15 is 0 Å². The van der Waals surface area contributed by atoms with E-state index in [1.807, 2.05) is 12.1 Å². The summed E-state index contributed by atoms with van der Waals surface area (Å²) in [6.45, 7) is -0.991. The maximum absolute atomic E-state index is 6.51. The smallest absolute Gasteiger partial charge is 0.365 e. The van der Waals surface area contributed by atoms with Gasteiger partial charge < -0.3 is 14.4 Å². The predicted molar refractivity (Wildman–Crippen MR) is 131 cm³/mol. The molecule has 0 amide bonds. The Morgan fingerprint density at radius 2 is 1.42 bits per heavy atom. The van der Waals surface area contributed by atoms with Crippen LogP contribution < -0.4 is 19.5 Å². The summed E-state index contributed by atoms with van der Waals surface area (Å²) in [5, 5.41) is 11.6. The van der Waals surface area contributed by atoms with Gasteiger partial charge in [0, 0.05) is 35.5 Å². The van der Waals surface area contributed by atoms with E-state index in [2.05, 4.69) is 71.1 Å². The number of benzene rings is 4. The standard InChI is InChI=1S/C25H23N2O2PS/c31-30(27-16-19-8-5-15-26-19)28-22-13-11-17-6-1-3-9-20(17)24(22)25-21-10-4-2-7-18(21)12-14-23(25)29-30/h1-4,6-7,9-14,19,26H,5,8,15-16H2,(H,27,31). The van der Waals surface area contributed by atoms with Crippen LogP contribution in [-0.4, -0.2) is 19.1 Å². The fourth-order valence-corrected chi connectivity index (χ4v) is 6.80. The molecule has 0 saturated carbocycles. The van der Waals surface area contributed by atoms with Gasteiger partial charge in [-0.3, -0.25) is 0 Å². The second-order valence-corrected chi connectivity index (χ2v) is 11.3. The van der Waals surface area contributed by atoms with Crippen LogP contribution in [0.3, 0.4) is 0 Å². The van der Waals surface area contributed by atoms with E-state index < -0.39 is 6.64 Å². The molecule has 4 nitrogen and oxygen atoms in total. The number of hydrogen-bond donors (Lipinski definition) is 2. The molecule has 1 saturated heterocycles. The van der Waals surface area contributed by atoms with Crippen molar-refractivity contribution >= 4 is 40.0 Å². The van der Waals surface area contributed by atoms with E-state index in [1.54, 1.807) is 0 Å². The molecule has 2 aliphatic rings. The fraction of sp³-hybridized carbons (Fsp3) is 0.200. The first-order valence-corrected chi connectivity index (χ1v) is 13.4. The zero-order chi connectivity index (χ0) is 20.8. The van der Waals surface area contributed by atoms with Crippen molar-refractivity contribution in [1.82, 2.24) is 10.4 Å². The number of nitrogens with one attached hydrogen (secondary N) is 2. The molecule has 0 radical (unpaired) electrons. The molecular weight excluding hydrogens is 423 g/mol. The Kier molecular flexibility index (Phi) is 4.73. The van der Waals surface area contributed by atoms with Crippen LogP contribution in [0, 0.1) is 0 Å². The summed E-state index contributed by atoms with van der Waals surface area (Å²) in [5.74, 6) is 1.56. The highest BCUT2D eigenvalue weighted by molar-refractivity contribution is 8.09. The van der Waals surface area contributed by atoms with Crippen LogP contribution in [0.25, 0.3) is 32.7 Å². The number of rotatable bonds is 3. The summed E-state index contributed by atoms with van der Waals surface area (Å²) in [7, 11) is 0. The van der Waals surface area contributed by atoms with Crippen molar-refractivity contribution in [1.29, 1.82) is 0 Å². The molecule has 4 aromatic rings. The molecule has 2 heterocycles. The lowest BCUT2D eigenvalue weighted by molar-refractivity contribution is 0.468. The summed E-state index contributed by atoms with van der Waals surface area (Å²) in [5.41, 5.74) is 2.11.